The molecule has 116 valence electrons. The smallest absolute Gasteiger partial charge is 0.274 e. The maximum atomic E-state index is 12.2. The maximum Gasteiger partial charge on any atom is 0.274 e. The number of aromatic nitrogens is 2. The second kappa shape index (κ2) is 7.75. The van der Waals surface area contributed by atoms with Gasteiger partial charge in [0, 0.05) is 24.3 Å². The molecule has 0 unspecified atom stereocenters. The van der Waals surface area contributed by atoms with Crippen LogP contribution in [0.3, 0.4) is 0 Å². The number of nitrogens with one attached hydrogen (secondary N) is 1. The van der Waals surface area contributed by atoms with Crippen LogP contribution in [0.15, 0.2) is 36.4 Å². The molecule has 0 aliphatic carbocycles. The van der Waals surface area contributed by atoms with Crippen molar-refractivity contribution in [2.75, 3.05) is 18.9 Å². The van der Waals surface area contributed by atoms with Crippen molar-refractivity contribution < 1.29 is 4.79 Å². The van der Waals surface area contributed by atoms with Crippen molar-refractivity contribution in [2.24, 2.45) is 0 Å². The van der Waals surface area contributed by atoms with Gasteiger partial charge < -0.3 is 10.2 Å². The van der Waals surface area contributed by atoms with Gasteiger partial charge in [0.2, 0.25) is 0 Å². The molecule has 0 saturated heterocycles. The highest BCUT2D eigenvalue weighted by molar-refractivity contribution is 6.30. The zero-order valence-corrected chi connectivity index (χ0v) is 13.5. The SMILES string of the molecule is CCCCN(C)C(=O)c1ccc(Nc2cccc(Cl)c2)nn1. The minimum atomic E-state index is -0.116. The molecule has 0 saturated carbocycles. The van der Waals surface area contributed by atoms with E-state index < -0.39 is 0 Å². The standard InChI is InChI=1S/C16H19ClN4O/c1-3-4-10-21(2)16(22)14-8-9-15(20-19-14)18-13-7-5-6-12(17)11-13/h5-9,11H,3-4,10H2,1-2H3,(H,18,20). The van der Waals surface area contributed by atoms with E-state index in [1.165, 1.54) is 0 Å². The van der Waals surface area contributed by atoms with Crippen LogP contribution < -0.4 is 5.32 Å². The predicted octanol–water partition coefficient (Wildman–Crippen LogP) is 3.75. The van der Waals surface area contributed by atoms with Crippen molar-refractivity contribution in [3.63, 3.8) is 0 Å². The molecule has 1 amide bonds. The van der Waals surface area contributed by atoms with E-state index in [1.54, 1.807) is 36.2 Å². The number of unbranched alkanes of at least 4 members (excludes halogenated alkanes) is 1. The van der Waals surface area contributed by atoms with Crippen molar-refractivity contribution in [1.29, 1.82) is 0 Å². The fourth-order valence-electron chi connectivity index (χ4n) is 1.92. The Labute approximate surface area is 135 Å². The molecule has 0 fully saturated rings. The summed E-state index contributed by atoms with van der Waals surface area (Å²) in [5.41, 5.74) is 1.16. The average molecular weight is 319 g/mol. The van der Waals surface area contributed by atoms with Crippen LogP contribution in [-0.4, -0.2) is 34.6 Å². The molecule has 0 spiro atoms. The summed E-state index contributed by atoms with van der Waals surface area (Å²) in [5, 5.41) is 11.8. The van der Waals surface area contributed by atoms with Gasteiger partial charge in [-0.05, 0) is 36.8 Å². The number of carbonyl (C=O) groups excluding carboxylic acids is 1. The summed E-state index contributed by atoms with van der Waals surface area (Å²) < 4.78 is 0. The molecule has 0 atom stereocenters. The molecular formula is C16H19ClN4O. The third kappa shape index (κ3) is 4.43. The van der Waals surface area contributed by atoms with Gasteiger partial charge >= 0.3 is 0 Å². The van der Waals surface area contributed by atoms with Crippen molar-refractivity contribution >= 4 is 29.0 Å². The summed E-state index contributed by atoms with van der Waals surface area (Å²) in [4.78, 5) is 13.8. The van der Waals surface area contributed by atoms with E-state index in [-0.39, 0.29) is 5.91 Å². The summed E-state index contributed by atoms with van der Waals surface area (Å²) in [6.07, 6.45) is 2.02. The maximum absolute atomic E-state index is 12.2. The molecule has 6 heteroatoms. The van der Waals surface area contributed by atoms with Gasteiger partial charge in [0.25, 0.3) is 5.91 Å². The second-order valence-electron chi connectivity index (χ2n) is 5.02. The third-order valence-corrected chi connectivity index (χ3v) is 3.41. The number of carbonyl (C=O) groups is 1. The Kier molecular flexibility index (Phi) is 5.72. The Morgan fingerprint density at radius 3 is 2.73 bits per heavy atom. The Hall–Kier alpha value is -2.14. The fourth-order valence-corrected chi connectivity index (χ4v) is 2.11. The molecule has 22 heavy (non-hydrogen) atoms. The number of nitrogens with zero attached hydrogens (tertiary/aromatic N) is 3. The number of anilines is 2. The molecule has 0 aliphatic rings. The summed E-state index contributed by atoms with van der Waals surface area (Å²) >= 11 is 5.93. The van der Waals surface area contributed by atoms with Gasteiger partial charge in [-0.15, -0.1) is 10.2 Å². The van der Waals surface area contributed by atoms with E-state index in [0.717, 1.165) is 25.1 Å². The lowest BCUT2D eigenvalue weighted by Crippen LogP contribution is -2.28. The molecule has 2 rings (SSSR count). The first-order valence-electron chi connectivity index (χ1n) is 7.22. The van der Waals surface area contributed by atoms with Crippen LogP contribution in [0.5, 0.6) is 0 Å². The van der Waals surface area contributed by atoms with Crippen LogP contribution >= 0.6 is 11.6 Å². The number of hydrogen-bond donors (Lipinski definition) is 1. The van der Waals surface area contributed by atoms with Crippen LogP contribution in [0, 0.1) is 0 Å². The summed E-state index contributed by atoms with van der Waals surface area (Å²) in [5.74, 6) is 0.449. The lowest BCUT2D eigenvalue weighted by molar-refractivity contribution is 0.0786. The lowest BCUT2D eigenvalue weighted by atomic mass is 10.3. The van der Waals surface area contributed by atoms with E-state index in [2.05, 4.69) is 22.4 Å². The first-order valence-corrected chi connectivity index (χ1v) is 7.59. The van der Waals surface area contributed by atoms with E-state index in [9.17, 15) is 4.79 Å². The number of amides is 1. The van der Waals surface area contributed by atoms with Crippen LogP contribution in [0.1, 0.15) is 30.3 Å². The molecule has 0 aliphatic heterocycles. The van der Waals surface area contributed by atoms with E-state index in [4.69, 9.17) is 11.6 Å². The minimum absolute atomic E-state index is 0.116. The number of halogens is 1. The number of benzene rings is 1. The lowest BCUT2D eigenvalue weighted by Gasteiger charge is -2.15. The van der Waals surface area contributed by atoms with Gasteiger partial charge in [-0.25, -0.2) is 0 Å². The Morgan fingerprint density at radius 2 is 2.09 bits per heavy atom. The fraction of sp³-hybridized carbons (Fsp3) is 0.312. The zero-order valence-electron chi connectivity index (χ0n) is 12.7. The molecule has 0 radical (unpaired) electrons. The average Bonchev–Trinajstić information content (AvgIpc) is 2.52. The monoisotopic (exact) mass is 318 g/mol. The Morgan fingerprint density at radius 1 is 1.27 bits per heavy atom. The van der Waals surface area contributed by atoms with Crippen molar-refractivity contribution in [1.82, 2.24) is 15.1 Å². The quantitative estimate of drug-likeness (QED) is 0.881. The first kappa shape index (κ1) is 16.2. The van der Waals surface area contributed by atoms with Gasteiger partial charge in [0.1, 0.15) is 0 Å². The van der Waals surface area contributed by atoms with Crippen molar-refractivity contribution in [3.05, 3.63) is 47.1 Å². The molecule has 1 N–H and O–H groups in total. The first-order chi connectivity index (χ1) is 10.6. The van der Waals surface area contributed by atoms with Crippen LogP contribution in [-0.2, 0) is 0 Å². The molecule has 2 aromatic rings. The van der Waals surface area contributed by atoms with E-state index in [0.29, 0.717) is 16.5 Å². The zero-order chi connectivity index (χ0) is 15.9. The highest BCUT2D eigenvalue weighted by Crippen LogP contribution is 2.18. The van der Waals surface area contributed by atoms with Gasteiger partial charge in [0.05, 0.1) is 0 Å². The third-order valence-electron chi connectivity index (χ3n) is 3.17. The predicted molar refractivity (Wildman–Crippen MR) is 88.6 cm³/mol. The van der Waals surface area contributed by atoms with Crippen molar-refractivity contribution in [3.8, 4) is 0 Å². The topological polar surface area (TPSA) is 58.1 Å². The molecule has 0 bridgehead atoms. The Balaban J connectivity index is 2.02. The van der Waals surface area contributed by atoms with Crippen molar-refractivity contribution in [2.45, 2.75) is 19.8 Å². The summed E-state index contributed by atoms with van der Waals surface area (Å²) in [6, 6.07) is 10.7. The number of rotatable bonds is 6. The van der Waals surface area contributed by atoms with Crippen LogP contribution in [0.25, 0.3) is 0 Å². The minimum Gasteiger partial charge on any atom is -0.340 e. The van der Waals surface area contributed by atoms with Gasteiger partial charge in [-0.1, -0.05) is 31.0 Å². The highest BCUT2D eigenvalue weighted by atomic mass is 35.5. The Bertz CT molecular complexity index is 630. The largest absolute Gasteiger partial charge is 0.340 e. The van der Waals surface area contributed by atoms with E-state index in [1.807, 2.05) is 12.1 Å². The molecule has 5 nitrogen and oxygen atoms in total. The van der Waals surface area contributed by atoms with E-state index >= 15 is 0 Å². The van der Waals surface area contributed by atoms with Crippen LogP contribution in [0.4, 0.5) is 11.5 Å². The van der Waals surface area contributed by atoms with Gasteiger partial charge in [-0.2, -0.15) is 0 Å². The normalized spacial score (nSPS) is 10.3. The molecule has 1 heterocycles. The molecular weight excluding hydrogens is 300 g/mol. The second-order valence-corrected chi connectivity index (χ2v) is 5.46. The molecule has 1 aromatic heterocycles. The van der Waals surface area contributed by atoms with Gasteiger partial charge in [0.15, 0.2) is 11.5 Å². The van der Waals surface area contributed by atoms with Gasteiger partial charge in [-0.3, -0.25) is 4.79 Å². The number of hydrogen-bond acceptors (Lipinski definition) is 4. The highest BCUT2D eigenvalue weighted by Gasteiger charge is 2.13. The summed E-state index contributed by atoms with van der Waals surface area (Å²) in [6.45, 7) is 2.81. The van der Waals surface area contributed by atoms with Crippen LogP contribution in [0.2, 0.25) is 5.02 Å². The molecule has 1 aromatic carbocycles. The summed E-state index contributed by atoms with van der Waals surface area (Å²) in [7, 11) is 1.78.